The van der Waals surface area contributed by atoms with E-state index in [1.807, 2.05) is 68.4 Å². The van der Waals surface area contributed by atoms with Gasteiger partial charge in [0.05, 0.1) is 6.04 Å². The first-order valence-corrected chi connectivity index (χ1v) is 8.23. The summed E-state index contributed by atoms with van der Waals surface area (Å²) in [5, 5.41) is 3.13. The Morgan fingerprint density at radius 1 is 1.17 bits per heavy atom. The molecule has 0 aromatic heterocycles. The molecule has 0 spiro atoms. The van der Waals surface area contributed by atoms with Crippen molar-refractivity contribution < 1.29 is 9.53 Å². The highest BCUT2D eigenvalue weighted by molar-refractivity contribution is 5.87. The van der Waals surface area contributed by atoms with Gasteiger partial charge in [0.15, 0.2) is 0 Å². The number of para-hydroxylation sites is 1. The Hall–Kier alpha value is -2.33. The smallest absolute Gasteiger partial charge is 0.244 e. The third-order valence-corrected chi connectivity index (χ3v) is 4.53. The van der Waals surface area contributed by atoms with Gasteiger partial charge in [-0.05, 0) is 32.4 Å². The van der Waals surface area contributed by atoms with Crippen LogP contribution in [0, 0.1) is 0 Å². The molecule has 0 radical (unpaired) electrons. The van der Waals surface area contributed by atoms with Gasteiger partial charge >= 0.3 is 0 Å². The number of nitrogens with one attached hydrogen (secondary N) is 1. The minimum absolute atomic E-state index is 0.121. The van der Waals surface area contributed by atoms with Crippen molar-refractivity contribution in [1.29, 1.82) is 0 Å². The lowest BCUT2D eigenvalue weighted by molar-refractivity contribution is -0.127. The summed E-state index contributed by atoms with van der Waals surface area (Å²) in [6, 6.07) is 17.2. The zero-order valence-electron chi connectivity index (χ0n) is 14.4. The molecule has 0 saturated carbocycles. The molecule has 1 aliphatic heterocycles. The largest absolute Gasteiger partial charge is 0.487 e. The van der Waals surface area contributed by atoms with Crippen LogP contribution in [0.2, 0.25) is 0 Å². The van der Waals surface area contributed by atoms with E-state index in [9.17, 15) is 4.79 Å². The highest BCUT2D eigenvalue weighted by atomic mass is 16.5. The number of amides is 1. The van der Waals surface area contributed by atoms with Crippen LogP contribution >= 0.6 is 0 Å². The molecule has 2 aromatic carbocycles. The molecule has 0 aliphatic carbocycles. The normalized spacial score (nSPS) is 21.1. The van der Waals surface area contributed by atoms with Gasteiger partial charge in [-0.15, -0.1) is 0 Å². The van der Waals surface area contributed by atoms with E-state index >= 15 is 0 Å². The number of hydrogen-bond donors (Lipinski definition) is 2. The van der Waals surface area contributed by atoms with E-state index in [4.69, 9.17) is 10.5 Å². The fraction of sp³-hybridized carbons (Fsp3) is 0.350. The molecule has 2 aromatic rings. The predicted molar refractivity (Wildman–Crippen MR) is 94.6 cm³/mol. The number of hydrogen-bond acceptors (Lipinski definition) is 3. The highest BCUT2D eigenvalue weighted by Crippen LogP contribution is 2.39. The number of nitrogens with two attached hydrogens (primary N) is 1. The lowest BCUT2D eigenvalue weighted by Crippen LogP contribution is -2.51. The molecule has 0 bridgehead atoms. The second-order valence-corrected chi connectivity index (χ2v) is 7.20. The predicted octanol–water partition coefficient (Wildman–Crippen LogP) is 3.28. The summed E-state index contributed by atoms with van der Waals surface area (Å²) in [5.74, 6) is 0.628. The summed E-state index contributed by atoms with van der Waals surface area (Å²) in [7, 11) is 0. The molecule has 1 amide bonds. The molecular weight excluding hydrogens is 300 g/mol. The van der Waals surface area contributed by atoms with E-state index in [2.05, 4.69) is 5.32 Å². The van der Waals surface area contributed by atoms with Crippen LogP contribution in [-0.2, 0) is 10.3 Å². The molecule has 1 heterocycles. The zero-order valence-corrected chi connectivity index (χ0v) is 14.4. The van der Waals surface area contributed by atoms with Gasteiger partial charge < -0.3 is 15.8 Å². The van der Waals surface area contributed by atoms with E-state index in [0.29, 0.717) is 6.42 Å². The summed E-state index contributed by atoms with van der Waals surface area (Å²) >= 11 is 0. The second kappa shape index (κ2) is 5.95. The molecule has 3 rings (SSSR count). The van der Waals surface area contributed by atoms with Gasteiger partial charge in [-0.3, -0.25) is 4.79 Å². The maximum atomic E-state index is 12.9. The molecule has 3 N–H and O–H groups in total. The molecule has 4 nitrogen and oxygen atoms in total. The van der Waals surface area contributed by atoms with Crippen LogP contribution in [0.5, 0.6) is 5.75 Å². The zero-order chi connectivity index (χ0) is 17.4. The van der Waals surface area contributed by atoms with Gasteiger partial charge in [-0.25, -0.2) is 0 Å². The van der Waals surface area contributed by atoms with Crippen LogP contribution in [0.4, 0.5) is 0 Å². The molecule has 126 valence electrons. The third-order valence-electron chi connectivity index (χ3n) is 4.53. The van der Waals surface area contributed by atoms with E-state index in [1.54, 1.807) is 6.92 Å². The van der Waals surface area contributed by atoms with Crippen molar-refractivity contribution in [2.24, 2.45) is 5.73 Å². The number of fused-ring (bicyclic) bond motifs is 1. The lowest BCUT2D eigenvalue weighted by atomic mass is 9.87. The maximum Gasteiger partial charge on any atom is 0.244 e. The van der Waals surface area contributed by atoms with Crippen molar-refractivity contribution in [1.82, 2.24) is 5.32 Å². The topological polar surface area (TPSA) is 64.4 Å². The van der Waals surface area contributed by atoms with Crippen molar-refractivity contribution in [3.63, 3.8) is 0 Å². The highest BCUT2D eigenvalue weighted by Gasteiger charge is 2.38. The van der Waals surface area contributed by atoms with Crippen LogP contribution in [0.1, 0.15) is 44.4 Å². The molecule has 24 heavy (non-hydrogen) atoms. The molecule has 0 fully saturated rings. The van der Waals surface area contributed by atoms with Crippen molar-refractivity contribution in [3.05, 3.63) is 65.7 Å². The Morgan fingerprint density at radius 2 is 1.79 bits per heavy atom. The van der Waals surface area contributed by atoms with Crippen molar-refractivity contribution in [2.45, 2.75) is 44.4 Å². The first-order valence-electron chi connectivity index (χ1n) is 8.23. The Kier molecular flexibility index (Phi) is 4.10. The van der Waals surface area contributed by atoms with Crippen molar-refractivity contribution >= 4 is 5.91 Å². The van der Waals surface area contributed by atoms with Crippen LogP contribution < -0.4 is 15.8 Å². The van der Waals surface area contributed by atoms with Gasteiger partial charge in [0, 0.05) is 12.0 Å². The van der Waals surface area contributed by atoms with E-state index in [0.717, 1.165) is 16.9 Å². The summed E-state index contributed by atoms with van der Waals surface area (Å²) in [4.78, 5) is 12.9. The van der Waals surface area contributed by atoms with Gasteiger partial charge in [0.1, 0.15) is 16.9 Å². The SMILES string of the molecule is CC1(C)CC(NC(=O)C(C)(N)c2ccccc2)c2ccccc2O1. The Morgan fingerprint density at radius 3 is 2.50 bits per heavy atom. The van der Waals surface area contributed by atoms with Crippen molar-refractivity contribution in [3.8, 4) is 5.75 Å². The molecule has 2 atom stereocenters. The average molecular weight is 324 g/mol. The fourth-order valence-electron chi connectivity index (χ4n) is 3.15. The molecular formula is C20H24N2O2. The second-order valence-electron chi connectivity index (χ2n) is 7.20. The Labute approximate surface area is 143 Å². The lowest BCUT2D eigenvalue weighted by Gasteiger charge is -2.39. The number of ether oxygens (including phenoxy) is 1. The first kappa shape index (κ1) is 16.5. The molecule has 2 unspecified atom stereocenters. The summed E-state index contributed by atoms with van der Waals surface area (Å²) < 4.78 is 6.02. The number of benzene rings is 2. The summed E-state index contributed by atoms with van der Waals surface area (Å²) in [5.41, 5.74) is 6.70. The van der Waals surface area contributed by atoms with Crippen LogP contribution in [0.15, 0.2) is 54.6 Å². The van der Waals surface area contributed by atoms with Gasteiger partial charge in [-0.1, -0.05) is 48.5 Å². The van der Waals surface area contributed by atoms with Crippen molar-refractivity contribution in [2.75, 3.05) is 0 Å². The number of carbonyl (C=O) groups is 1. The average Bonchev–Trinajstić information content (AvgIpc) is 2.54. The van der Waals surface area contributed by atoms with E-state index in [-0.39, 0.29) is 17.6 Å². The first-order chi connectivity index (χ1) is 11.3. The minimum atomic E-state index is -1.08. The maximum absolute atomic E-state index is 12.9. The molecule has 0 saturated heterocycles. The van der Waals surface area contributed by atoms with Gasteiger partial charge in [0.25, 0.3) is 0 Å². The third kappa shape index (κ3) is 3.15. The van der Waals surface area contributed by atoms with Gasteiger partial charge in [-0.2, -0.15) is 0 Å². The summed E-state index contributed by atoms with van der Waals surface area (Å²) in [6.07, 6.45) is 0.695. The molecule has 4 heteroatoms. The van der Waals surface area contributed by atoms with Crippen LogP contribution in [0.25, 0.3) is 0 Å². The van der Waals surface area contributed by atoms with Gasteiger partial charge in [0.2, 0.25) is 5.91 Å². The van der Waals surface area contributed by atoms with Crippen LogP contribution in [0.3, 0.4) is 0 Å². The molecule has 1 aliphatic rings. The number of rotatable bonds is 3. The monoisotopic (exact) mass is 324 g/mol. The number of carbonyl (C=O) groups excluding carboxylic acids is 1. The van der Waals surface area contributed by atoms with E-state index in [1.165, 1.54) is 0 Å². The quantitative estimate of drug-likeness (QED) is 0.910. The summed E-state index contributed by atoms with van der Waals surface area (Å²) in [6.45, 7) is 5.80. The Bertz CT molecular complexity index is 738. The van der Waals surface area contributed by atoms with Crippen LogP contribution in [-0.4, -0.2) is 11.5 Å². The Balaban J connectivity index is 1.87. The fourth-order valence-corrected chi connectivity index (χ4v) is 3.15. The van der Waals surface area contributed by atoms with E-state index < -0.39 is 5.54 Å². The standard InChI is InChI=1S/C20H24N2O2/c1-19(2)13-16(15-11-7-8-12-17(15)24-19)22-18(23)20(3,21)14-9-5-4-6-10-14/h4-12,16H,13,21H2,1-3H3,(H,22,23). The minimum Gasteiger partial charge on any atom is -0.487 e.